The van der Waals surface area contributed by atoms with E-state index in [1.54, 1.807) is 24.3 Å². The predicted octanol–water partition coefficient (Wildman–Crippen LogP) is 2.16. The standard InChI is InChI=1S/C18H16FN3O2/c1-12-3-2-4-15-17(12)21-11-22(18(15)24)10-16(23)20-9-13-5-7-14(19)8-6-13/h2-8,11H,9-10H2,1H3,(H,20,23). The van der Waals surface area contributed by atoms with E-state index >= 15 is 0 Å². The SMILES string of the molecule is Cc1cccc2c(=O)n(CC(=O)NCc3ccc(F)cc3)cnc12. The fraction of sp³-hybridized carbons (Fsp3) is 0.167. The Hall–Kier alpha value is -3.02. The Kier molecular flexibility index (Phi) is 4.37. The first-order valence-corrected chi connectivity index (χ1v) is 7.50. The third-order valence-corrected chi connectivity index (χ3v) is 3.77. The summed E-state index contributed by atoms with van der Waals surface area (Å²) < 4.78 is 14.1. The van der Waals surface area contributed by atoms with Gasteiger partial charge in [0.15, 0.2) is 0 Å². The molecule has 0 aliphatic carbocycles. The number of hydrogen-bond acceptors (Lipinski definition) is 3. The normalized spacial score (nSPS) is 10.8. The van der Waals surface area contributed by atoms with Crippen LogP contribution in [0.3, 0.4) is 0 Å². The number of fused-ring (bicyclic) bond motifs is 1. The molecule has 6 heteroatoms. The van der Waals surface area contributed by atoms with Crippen LogP contribution in [0.25, 0.3) is 10.9 Å². The quantitative estimate of drug-likeness (QED) is 0.799. The molecule has 0 unspecified atom stereocenters. The van der Waals surface area contributed by atoms with Crippen molar-refractivity contribution in [2.24, 2.45) is 0 Å². The van der Waals surface area contributed by atoms with Crippen LogP contribution in [0, 0.1) is 12.7 Å². The van der Waals surface area contributed by atoms with Gasteiger partial charge in [0, 0.05) is 6.54 Å². The summed E-state index contributed by atoms with van der Waals surface area (Å²) in [5.41, 5.74) is 2.09. The monoisotopic (exact) mass is 325 g/mol. The van der Waals surface area contributed by atoms with Crippen molar-refractivity contribution in [1.29, 1.82) is 0 Å². The fourth-order valence-electron chi connectivity index (χ4n) is 2.46. The van der Waals surface area contributed by atoms with Crippen LogP contribution in [0.1, 0.15) is 11.1 Å². The number of carbonyl (C=O) groups excluding carboxylic acids is 1. The van der Waals surface area contributed by atoms with Crippen molar-refractivity contribution in [1.82, 2.24) is 14.9 Å². The maximum atomic E-state index is 12.8. The number of nitrogens with one attached hydrogen (secondary N) is 1. The van der Waals surface area contributed by atoms with Crippen molar-refractivity contribution >= 4 is 16.8 Å². The lowest BCUT2D eigenvalue weighted by Gasteiger charge is -2.09. The first-order chi connectivity index (χ1) is 11.5. The number of benzene rings is 2. The minimum Gasteiger partial charge on any atom is -0.350 e. The van der Waals surface area contributed by atoms with E-state index in [0.717, 1.165) is 11.1 Å². The average Bonchev–Trinajstić information content (AvgIpc) is 2.57. The molecule has 1 N–H and O–H groups in total. The summed E-state index contributed by atoms with van der Waals surface area (Å²) >= 11 is 0. The van der Waals surface area contributed by atoms with Gasteiger partial charge in [-0.25, -0.2) is 9.37 Å². The Morgan fingerprint density at radius 2 is 1.96 bits per heavy atom. The highest BCUT2D eigenvalue weighted by Crippen LogP contribution is 2.11. The third-order valence-electron chi connectivity index (χ3n) is 3.77. The van der Waals surface area contributed by atoms with Crippen LogP contribution in [-0.2, 0) is 17.9 Å². The summed E-state index contributed by atoms with van der Waals surface area (Å²) in [5, 5.41) is 3.19. The number of halogens is 1. The van der Waals surface area contributed by atoms with E-state index in [1.165, 1.54) is 23.0 Å². The van der Waals surface area contributed by atoms with E-state index < -0.39 is 0 Å². The number of aromatic nitrogens is 2. The maximum absolute atomic E-state index is 12.8. The number of rotatable bonds is 4. The minimum absolute atomic E-state index is 0.114. The molecule has 2 aromatic carbocycles. The summed E-state index contributed by atoms with van der Waals surface area (Å²) in [7, 11) is 0. The predicted molar refractivity (Wildman–Crippen MR) is 89.0 cm³/mol. The Bertz CT molecular complexity index is 949. The molecule has 0 radical (unpaired) electrons. The zero-order chi connectivity index (χ0) is 17.1. The molecule has 0 aliphatic heterocycles. The van der Waals surface area contributed by atoms with Gasteiger partial charge in [-0.1, -0.05) is 24.3 Å². The second kappa shape index (κ2) is 6.62. The maximum Gasteiger partial charge on any atom is 0.261 e. The van der Waals surface area contributed by atoms with Crippen LogP contribution in [0.5, 0.6) is 0 Å². The molecule has 0 saturated heterocycles. The number of para-hydroxylation sites is 1. The fourth-order valence-corrected chi connectivity index (χ4v) is 2.46. The van der Waals surface area contributed by atoms with Gasteiger partial charge in [0.25, 0.3) is 5.56 Å². The average molecular weight is 325 g/mol. The highest BCUT2D eigenvalue weighted by Gasteiger charge is 2.09. The van der Waals surface area contributed by atoms with Crippen LogP contribution < -0.4 is 10.9 Å². The molecule has 0 saturated carbocycles. The molecule has 24 heavy (non-hydrogen) atoms. The number of aryl methyl sites for hydroxylation is 1. The first kappa shape index (κ1) is 15.9. The van der Waals surface area contributed by atoms with Gasteiger partial charge in [-0.2, -0.15) is 0 Å². The minimum atomic E-state index is -0.325. The van der Waals surface area contributed by atoms with E-state index in [2.05, 4.69) is 10.3 Å². The Labute approximate surface area is 137 Å². The van der Waals surface area contributed by atoms with Crippen LogP contribution in [0.4, 0.5) is 4.39 Å². The first-order valence-electron chi connectivity index (χ1n) is 7.50. The van der Waals surface area contributed by atoms with E-state index in [1.807, 2.05) is 13.0 Å². The molecule has 1 heterocycles. The summed E-state index contributed by atoms with van der Waals surface area (Å²) in [5.74, 6) is -0.635. The number of nitrogens with zero attached hydrogens (tertiary/aromatic N) is 2. The zero-order valence-corrected chi connectivity index (χ0v) is 13.1. The van der Waals surface area contributed by atoms with Crippen LogP contribution in [0.15, 0.2) is 53.6 Å². The molecule has 0 aliphatic rings. The molecule has 1 amide bonds. The molecule has 0 bridgehead atoms. The van der Waals surface area contributed by atoms with Gasteiger partial charge >= 0.3 is 0 Å². The highest BCUT2D eigenvalue weighted by atomic mass is 19.1. The molecule has 0 fully saturated rings. The van der Waals surface area contributed by atoms with Gasteiger partial charge in [-0.3, -0.25) is 14.2 Å². The molecule has 5 nitrogen and oxygen atoms in total. The highest BCUT2D eigenvalue weighted by molar-refractivity contribution is 5.81. The van der Waals surface area contributed by atoms with Crippen molar-refractivity contribution in [2.75, 3.05) is 0 Å². The lowest BCUT2D eigenvalue weighted by Crippen LogP contribution is -2.32. The lowest BCUT2D eigenvalue weighted by atomic mass is 10.1. The van der Waals surface area contributed by atoms with Crippen LogP contribution >= 0.6 is 0 Å². The molecule has 0 atom stereocenters. The van der Waals surface area contributed by atoms with Gasteiger partial charge in [-0.05, 0) is 36.2 Å². The van der Waals surface area contributed by atoms with Crippen molar-refractivity contribution < 1.29 is 9.18 Å². The van der Waals surface area contributed by atoms with Gasteiger partial charge in [0.1, 0.15) is 12.4 Å². The molecule has 1 aromatic heterocycles. The topological polar surface area (TPSA) is 64.0 Å². The van der Waals surface area contributed by atoms with Gasteiger partial charge in [-0.15, -0.1) is 0 Å². The molecule has 3 aromatic rings. The molecular formula is C18H16FN3O2. The largest absolute Gasteiger partial charge is 0.350 e. The van der Waals surface area contributed by atoms with E-state index in [9.17, 15) is 14.0 Å². The second-order valence-electron chi connectivity index (χ2n) is 5.55. The van der Waals surface area contributed by atoms with E-state index in [-0.39, 0.29) is 30.4 Å². The summed E-state index contributed by atoms with van der Waals surface area (Å²) in [6.07, 6.45) is 1.38. The molecule has 122 valence electrons. The smallest absolute Gasteiger partial charge is 0.261 e. The van der Waals surface area contributed by atoms with Gasteiger partial charge in [0.05, 0.1) is 17.2 Å². The number of hydrogen-bond donors (Lipinski definition) is 1. The van der Waals surface area contributed by atoms with Gasteiger partial charge in [0.2, 0.25) is 5.91 Å². The van der Waals surface area contributed by atoms with Crippen molar-refractivity contribution in [2.45, 2.75) is 20.0 Å². The third kappa shape index (κ3) is 3.32. The number of amides is 1. The lowest BCUT2D eigenvalue weighted by molar-refractivity contribution is -0.121. The van der Waals surface area contributed by atoms with Crippen LogP contribution in [0.2, 0.25) is 0 Å². The molecular weight excluding hydrogens is 309 g/mol. The van der Waals surface area contributed by atoms with Crippen molar-refractivity contribution in [3.63, 3.8) is 0 Å². The Balaban J connectivity index is 1.72. The zero-order valence-electron chi connectivity index (χ0n) is 13.1. The van der Waals surface area contributed by atoms with E-state index in [4.69, 9.17) is 0 Å². The summed E-state index contributed by atoms with van der Waals surface area (Å²) in [6, 6.07) is 11.2. The van der Waals surface area contributed by atoms with E-state index in [0.29, 0.717) is 10.9 Å². The molecule has 0 spiro atoms. The van der Waals surface area contributed by atoms with Crippen molar-refractivity contribution in [3.05, 3.63) is 76.1 Å². The van der Waals surface area contributed by atoms with Gasteiger partial charge < -0.3 is 5.32 Å². The number of carbonyl (C=O) groups is 1. The Morgan fingerprint density at radius 3 is 2.71 bits per heavy atom. The Morgan fingerprint density at radius 1 is 1.21 bits per heavy atom. The molecule has 3 rings (SSSR count). The summed E-state index contributed by atoms with van der Waals surface area (Å²) in [6.45, 7) is 2.04. The second-order valence-corrected chi connectivity index (χ2v) is 5.55. The van der Waals surface area contributed by atoms with Crippen molar-refractivity contribution in [3.8, 4) is 0 Å². The summed E-state index contributed by atoms with van der Waals surface area (Å²) in [4.78, 5) is 28.7. The van der Waals surface area contributed by atoms with Crippen LogP contribution in [-0.4, -0.2) is 15.5 Å².